The van der Waals surface area contributed by atoms with Crippen molar-refractivity contribution >= 4 is 45.5 Å². The van der Waals surface area contributed by atoms with E-state index < -0.39 is 5.91 Å². The number of hydrogen-bond acceptors (Lipinski definition) is 4. The van der Waals surface area contributed by atoms with Gasteiger partial charge in [0.25, 0.3) is 5.91 Å². The Kier molecular flexibility index (Phi) is 8.06. The number of nitrogens with zero attached hydrogens (tertiary/aromatic N) is 1. The zero-order valence-electron chi connectivity index (χ0n) is 19.2. The van der Waals surface area contributed by atoms with Gasteiger partial charge in [-0.05, 0) is 82.1 Å². The van der Waals surface area contributed by atoms with Crippen LogP contribution in [0, 0.1) is 14.9 Å². The van der Waals surface area contributed by atoms with Crippen molar-refractivity contribution in [2.75, 3.05) is 13.7 Å². The van der Waals surface area contributed by atoms with Crippen molar-refractivity contribution in [1.82, 2.24) is 10.3 Å². The monoisotopic (exact) mass is 577 g/mol. The lowest BCUT2D eigenvalue weighted by atomic mass is 10.1. The first-order valence-electron chi connectivity index (χ1n) is 11.1. The van der Waals surface area contributed by atoms with E-state index in [0.717, 1.165) is 25.6 Å². The zero-order valence-corrected chi connectivity index (χ0v) is 21.3. The number of aromatic amines is 1. The summed E-state index contributed by atoms with van der Waals surface area (Å²) in [5.74, 6) is 0.705. The van der Waals surface area contributed by atoms with Crippen LogP contribution in [-0.4, -0.2) is 24.5 Å². The molecule has 0 aliphatic carbocycles. The van der Waals surface area contributed by atoms with E-state index >= 15 is 0 Å². The minimum Gasteiger partial charge on any atom is -0.493 e. The van der Waals surface area contributed by atoms with Gasteiger partial charge in [-0.25, -0.2) is 0 Å². The number of carbonyl (C=O) groups excluding carboxylic acids is 1. The molecule has 2 N–H and O–H groups in total. The molecule has 0 saturated heterocycles. The van der Waals surface area contributed by atoms with E-state index in [2.05, 4.69) is 32.9 Å². The number of methoxy groups -OCH3 is 1. The molecule has 0 radical (unpaired) electrons. The van der Waals surface area contributed by atoms with E-state index in [1.165, 1.54) is 0 Å². The Balaban J connectivity index is 1.39. The molecule has 0 unspecified atom stereocenters. The van der Waals surface area contributed by atoms with E-state index in [0.29, 0.717) is 36.6 Å². The number of benzene rings is 3. The summed E-state index contributed by atoms with van der Waals surface area (Å²) < 4.78 is 12.5. The molecule has 4 rings (SSSR count). The largest absolute Gasteiger partial charge is 0.493 e. The van der Waals surface area contributed by atoms with Gasteiger partial charge in [0, 0.05) is 27.2 Å². The lowest BCUT2D eigenvalue weighted by molar-refractivity contribution is -0.117. The van der Waals surface area contributed by atoms with Gasteiger partial charge in [-0.1, -0.05) is 36.4 Å². The summed E-state index contributed by atoms with van der Waals surface area (Å²) >= 11 is 2.26. The maximum atomic E-state index is 12.6. The highest BCUT2D eigenvalue weighted by Crippen LogP contribution is 2.30. The molecule has 0 fully saturated rings. The quantitative estimate of drug-likeness (QED) is 0.154. The van der Waals surface area contributed by atoms with Crippen LogP contribution >= 0.6 is 22.6 Å². The molecule has 6 nitrogen and oxygen atoms in total. The first kappa shape index (κ1) is 24.4. The summed E-state index contributed by atoms with van der Waals surface area (Å²) in [6, 6.07) is 23.4. The van der Waals surface area contributed by atoms with Gasteiger partial charge in [0.1, 0.15) is 18.2 Å². The number of H-pyrrole nitrogens is 1. The van der Waals surface area contributed by atoms with Gasteiger partial charge in [-0.2, -0.15) is 5.26 Å². The third-order valence-electron chi connectivity index (χ3n) is 5.53. The van der Waals surface area contributed by atoms with Crippen LogP contribution in [0.3, 0.4) is 0 Å². The van der Waals surface area contributed by atoms with Crippen LogP contribution in [0.15, 0.2) is 78.5 Å². The molecule has 7 heteroatoms. The number of halogens is 1. The normalized spacial score (nSPS) is 11.2. The third kappa shape index (κ3) is 6.22. The molecule has 0 atom stereocenters. The number of fused-ring (bicyclic) bond motifs is 1. The molecule has 0 bridgehead atoms. The summed E-state index contributed by atoms with van der Waals surface area (Å²) in [6.07, 6.45) is 4.16. The van der Waals surface area contributed by atoms with Crippen LogP contribution in [-0.2, 0) is 17.8 Å². The molecule has 35 heavy (non-hydrogen) atoms. The highest BCUT2D eigenvalue weighted by molar-refractivity contribution is 14.1. The molecule has 1 aromatic heterocycles. The number of hydrogen-bond donors (Lipinski definition) is 2. The number of para-hydroxylation sites is 1. The highest BCUT2D eigenvalue weighted by atomic mass is 127. The Morgan fingerprint density at radius 1 is 1.11 bits per heavy atom. The number of nitrogens with one attached hydrogen (secondary N) is 2. The first-order chi connectivity index (χ1) is 17.1. The fourth-order valence-electron chi connectivity index (χ4n) is 3.69. The lowest BCUT2D eigenvalue weighted by Crippen LogP contribution is -2.26. The van der Waals surface area contributed by atoms with Crippen molar-refractivity contribution in [1.29, 1.82) is 5.26 Å². The molecule has 3 aromatic carbocycles. The molecule has 0 aliphatic heterocycles. The minimum absolute atomic E-state index is 0.0264. The Morgan fingerprint density at radius 2 is 1.91 bits per heavy atom. The Bertz CT molecular complexity index is 1400. The lowest BCUT2D eigenvalue weighted by Gasteiger charge is -2.12. The van der Waals surface area contributed by atoms with Crippen molar-refractivity contribution in [3.05, 3.63) is 98.8 Å². The maximum absolute atomic E-state index is 12.6. The molecule has 1 amide bonds. The molecule has 0 spiro atoms. The molecule has 0 saturated carbocycles. The summed E-state index contributed by atoms with van der Waals surface area (Å²) in [6.45, 7) is 0.832. The Labute approximate surface area is 217 Å². The van der Waals surface area contributed by atoms with Gasteiger partial charge in [0.2, 0.25) is 0 Å². The average Bonchev–Trinajstić information content (AvgIpc) is 3.30. The predicted octanol–water partition coefficient (Wildman–Crippen LogP) is 5.63. The van der Waals surface area contributed by atoms with Gasteiger partial charge in [-0.15, -0.1) is 0 Å². The zero-order chi connectivity index (χ0) is 24.6. The molecular formula is C28H24IN3O3. The smallest absolute Gasteiger partial charge is 0.261 e. The Hall–Kier alpha value is -3.77. The summed E-state index contributed by atoms with van der Waals surface area (Å²) in [5, 5.41) is 13.5. The number of aromatic nitrogens is 1. The predicted molar refractivity (Wildman–Crippen MR) is 145 cm³/mol. The average molecular weight is 577 g/mol. The van der Waals surface area contributed by atoms with Crippen molar-refractivity contribution < 1.29 is 14.3 Å². The van der Waals surface area contributed by atoms with Crippen molar-refractivity contribution in [3.8, 4) is 17.6 Å². The van der Waals surface area contributed by atoms with Crippen molar-refractivity contribution in [2.24, 2.45) is 0 Å². The molecule has 0 aliphatic rings. The van der Waals surface area contributed by atoms with Crippen LogP contribution in [0.1, 0.15) is 16.7 Å². The van der Waals surface area contributed by atoms with Crippen LogP contribution in [0.4, 0.5) is 0 Å². The van der Waals surface area contributed by atoms with Gasteiger partial charge in [0.05, 0.1) is 7.11 Å². The number of rotatable bonds is 9. The van der Waals surface area contributed by atoms with E-state index in [9.17, 15) is 10.1 Å². The minimum atomic E-state index is -0.412. The second kappa shape index (κ2) is 11.6. The SMILES string of the molecule is COc1cc(/C=C(/C#N)C(=O)NCCc2c[nH]c3ccccc23)ccc1OCc1ccc(I)cc1. The fourth-order valence-corrected chi connectivity index (χ4v) is 4.05. The van der Waals surface area contributed by atoms with Gasteiger partial charge in [0.15, 0.2) is 11.5 Å². The second-order valence-corrected chi connectivity index (χ2v) is 9.11. The Morgan fingerprint density at radius 3 is 2.69 bits per heavy atom. The first-order valence-corrected chi connectivity index (χ1v) is 12.2. The standard InChI is InChI=1S/C28H24IN3O3/c1-34-27-15-20(8-11-26(27)35-18-19-6-9-23(29)10-7-19)14-22(16-30)28(33)31-13-12-21-17-32-25-5-3-2-4-24(21)25/h2-11,14-15,17,32H,12-13,18H2,1H3,(H,31,33)/b22-14-. The molecule has 1 heterocycles. The molecule has 176 valence electrons. The summed E-state index contributed by atoms with van der Waals surface area (Å²) in [4.78, 5) is 15.8. The topological polar surface area (TPSA) is 87.1 Å². The number of carbonyl (C=O) groups is 1. The maximum Gasteiger partial charge on any atom is 0.261 e. The van der Waals surface area contributed by atoms with E-state index in [4.69, 9.17) is 9.47 Å². The number of amides is 1. The number of ether oxygens (including phenoxy) is 2. The van der Waals surface area contributed by atoms with Crippen LogP contribution in [0.25, 0.3) is 17.0 Å². The van der Waals surface area contributed by atoms with Gasteiger partial charge in [-0.3, -0.25) is 4.79 Å². The number of nitriles is 1. The summed E-state index contributed by atoms with van der Waals surface area (Å²) in [5.41, 5.74) is 3.93. The molecule has 4 aromatic rings. The third-order valence-corrected chi connectivity index (χ3v) is 6.25. The fraction of sp³-hybridized carbons (Fsp3) is 0.143. The summed E-state index contributed by atoms with van der Waals surface area (Å²) in [7, 11) is 1.56. The van der Waals surface area contributed by atoms with Crippen LogP contribution in [0.5, 0.6) is 11.5 Å². The van der Waals surface area contributed by atoms with Gasteiger partial charge >= 0.3 is 0 Å². The van der Waals surface area contributed by atoms with Crippen LogP contribution in [0.2, 0.25) is 0 Å². The molecular weight excluding hydrogens is 553 g/mol. The van der Waals surface area contributed by atoms with Crippen molar-refractivity contribution in [3.63, 3.8) is 0 Å². The van der Waals surface area contributed by atoms with E-state index in [1.54, 1.807) is 31.4 Å². The van der Waals surface area contributed by atoms with E-state index in [1.807, 2.05) is 60.8 Å². The highest BCUT2D eigenvalue weighted by Gasteiger charge is 2.11. The second-order valence-electron chi connectivity index (χ2n) is 7.86. The van der Waals surface area contributed by atoms with Crippen molar-refractivity contribution in [2.45, 2.75) is 13.0 Å². The van der Waals surface area contributed by atoms with Crippen LogP contribution < -0.4 is 14.8 Å². The van der Waals surface area contributed by atoms with E-state index in [-0.39, 0.29) is 5.57 Å². The van der Waals surface area contributed by atoms with Gasteiger partial charge < -0.3 is 19.8 Å².